The third kappa shape index (κ3) is 2.03. The monoisotopic (exact) mass is 303 g/mol. The van der Waals surface area contributed by atoms with Gasteiger partial charge in [-0.2, -0.15) is 0 Å². The molecule has 0 bridgehead atoms. The second-order valence-corrected chi connectivity index (χ2v) is 5.73. The maximum absolute atomic E-state index is 12.1. The minimum absolute atomic E-state index is 0.00338. The Labute approximate surface area is 127 Å². The first-order valence-electron chi connectivity index (χ1n) is 7.13. The first-order valence-corrected chi connectivity index (χ1v) is 7.13. The number of β-lactam (4-membered cyclic amide) rings is 1. The van der Waals surface area contributed by atoms with E-state index in [1.54, 1.807) is 31.2 Å². The van der Waals surface area contributed by atoms with Gasteiger partial charge in [-0.05, 0) is 30.0 Å². The van der Waals surface area contributed by atoms with Gasteiger partial charge in [0.15, 0.2) is 0 Å². The number of carbonyl (C=O) groups is 2. The number of benzene rings is 1. The molecular formula is C16H17NO5. The molecule has 3 N–H and O–H groups in total. The molecule has 1 fully saturated rings. The minimum Gasteiger partial charge on any atom is -0.477 e. The zero-order valence-corrected chi connectivity index (χ0v) is 12.1. The van der Waals surface area contributed by atoms with E-state index in [1.807, 2.05) is 0 Å². The van der Waals surface area contributed by atoms with E-state index in [1.165, 1.54) is 4.90 Å². The lowest BCUT2D eigenvalue weighted by molar-refractivity contribution is -0.161. The molecule has 3 atom stereocenters. The van der Waals surface area contributed by atoms with E-state index in [4.69, 9.17) is 5.11 Å². The SMILES string of the molecule is C[C@@H](O)[C@H]1C(=O)N2C(C(=O)O)=C(c3ccc(CO)cc3)C[C@H]12. The number of hydrogen-bond donors (Lipinski definition) is 3. The molecule has 22 heavy (non-hydrogen) atoms. The maximum Gasteiger partial charge on any atom is 0.352 e. The lowest BCUT2D eigenvalue weighted by atomic mass is 9.82. The van der Waals surface area contributed by atoms with Crippen molar-refractivity contribution >= 4 is 17.4 Å². The van der Waals surface area contributed by atoms with Crippen LogP contribution in [-0.2, 0) is 16.2 Å². The summed E-state index contributed by atoms with van der Waals surface area (Å²) in [4.78, 5) is 25.0. The average molecular weight is 303 g/mol. The van der Waals surface area contributed by atoms with Crippen LogP contribution in [0.3, 0.4) is 0 Å². The molecule has 1 aromatic carbocycles. The Bertz CT molecular complexity index is 662. The van der Waals surface area contributed by atoms with Crippen molar-refractivity contribution in [3.8, 4) is 0 Å². The van der Waals surface area contributed by atoms with Crippen molar-refractivity contribution in [2.24, 2.45) is 5.92 Å². The van der Waals surface area contributed by atoms with E-state index in [-0.39, 0.29) is 24.3 Å². The number of aliphatic hydroxyl groups is 2. The van der Waals surface area contributed by atoms with E-state index in [0.29, 0.717) is 12.0 Å². The molecule has 0 aromatic heterocycles. The topological polar surface area (TPSA) is 98.1 Å². The molecule has 2 aliphatic heterocycles. The molecule has 3 rings (SSSR count). The number of amides is 1. The molecule has 0 radical (unpaired) electrons. The van der Waals surface area contributed by atoms with Gasteiger partial charge in [0.1, 0.15) is 5.70 Å². The zero-order chi connectivity index (χ0) is 16.0. The Kier molecular flexibility index (Phi) is 3.50. The molecule has 2 heterocycles. The van der Waals surface area contributed by atoms with Crippen molar-refractivity contribution in [1.29, 1.82) is 0 Å². The lowest BCUT2D eigenvalue weighted by Gasteiger charge is -2.44. The first-order chi connectivity index (χ1) is 10.5. The summed E-state index contributed by atoms with van der Waals surface area (Å²) in [5, 5.41) is 28.2. The highest BCUT2D eigenvalue weighted by Crippen LogP contribution is 2.46. The van der Waals surface area contributed by atoms with Crippen LogP contribution in [0, 0.1) is 5.92 Å². The molecule has 1 amide bonds. The number of aliphatic carboxylic acids is 1. The Morgan fingerprint density at radius 2 is 2.00 bits per heavy atom. The summed E-state index contributed by atoms with van der Waals surface area (Å²) in [6.07, 6.45) is -0.374. The molecule has 6 heteroatoms. The number of carbonyl (C=O) groups excluding carboxylic acids is 1. The molecule has 2 aliphatic rings. The van der Waals surface area contributed by atoms with Crippen LogP contribution < -0.4 is 0 Å². The summed E-state index contributed by atoms with van der Waals surface area (Å²) in [6.45, 7) is 1.47. The molecule has 1 aromatic rings. The van der Waals surface area contributed by atoms with Crippen LogP contribution in [0.1, 0.15) is 24.5 Å². The molecular weight excluding hydrogens is 286 g/mol. The zero-order valence-electron chi connectivity index (χ0n) is 12.1. The number of hydrogen-bond acceptors (Lipinski definition) is 4. The van der Waals surface area contributed by atoms with Crippen molar-refractivity contribution < 1.29 is 24.9 Å². The second kappa shape index (κ2) is 5.23. The number of rotatable bonds is 4. The molecule has 0 aliphatic carbocycles. The normalized spacial score (nSPS) is 25.0. The predicted octanol–water partition coefficient (Wildman–Crippen LogP) is 0.586. The quantitative estimate of drug-likeness (QED) is 0.707. The van der Waals surface area contributed by atoms with Crippen LogP contribution in [0.5, 0.6) is 0 Å². The highest BCUT2D eigenvalue weighted by Gasteiger charge is 2.56. The van der Waals surface area contributed by atoms with Crippen molar-refractivity contribution in [1.82, 2.24) is 4.90 Å². The Hall–Kier alpha value is -2.18. The largest absolute Gasteiger partial charge is 0.477 e. The number of nitrogens with zero attached hydrogens (tertiary/aromatic N) is 1. The molecule has 0 saturated carbocycles. The summed E-state index contributed by atoms with van der Waals surface area (Å²) >= 11 is 0. The fraction of sp³-hybridized carbons (Fsp3) is 0.375. The number of fused-ring (bicyclic) bond motifs is 1. The van der Waals surface area contributed by atoms with Crippen LogP contribution >= 0.6 is 0 Å². The van der Waals surface area contributed by atoms with Gasteiger partial charge in [0.25, 0.3) is 0 Å². The van der Waals surface area contributed by atoms with Gasteiger partial charge in [0, 0.05) is 0 Å². The van der Waals surface area contributed by atoms with Gasteiger partial charge >= 0.3 is 5.97 Å². The molecule has 0 unspecified atom stereocenters. The first kappa shape index (κ1) is 14.7. The minimum atomic E-state index is -1.14. The summed E-state index contributed by atoms with van der Waals surface area (Å²) < 4.78 is 0. The fourth-order valence-electron chi connectivity index (χ4n) is 3.34. The van der Waals surface area contributed by atoms with Gasteiger partial charge in [0.2, 0.25) is 5.91 Å². The number of carboxylic acids is 1. The Morgan fingerprint density at radius 1 is 1.36 bits per heavy atom. The standard InChI is InChI=1S/C16H17NO5/c1-8(19)13-12-6-11(10-4-2-9(7-18)3-5-10)14(16(21)22)17(12)15(13)20/h2-5,8,12-13,18-19H,6-7H2,1H3,(H,21,22)/t8-,12-,13-/m1/s1. The van der Waals surface area contributed by atoms with Crippen LogP contribution in [0.25, 0.3) is 5.57 Å². The number of aliphatic hydroxyl groups excluding tert-OH is 2. The maximum atomic E-state index is 12.1. The van der Waals surface area contributed by atoms with Crippen molar-refractivity contribution in [2.45, 2.75) is 32.1 Å². The summed E-state index contributed by atoms with van der Waals surface area (Å²) in [5.41, 5.74) is 2.06. The highest BCUT2D eigenvalue weighted by atomic mass is 16.4. The third-order valence-corrected chi connectivity index (χ3v) is 4.42. The molecule has 1 saturated heterocycles. The van der Waals surface area contributed by atoms with Gasteiger partial charge < -0.3 is 20.2 Å². The van der Waals surface area contributed by atoms with Gasteiger partial charge in [0.05, 0.1) is 24.7 Å². The van der Waals surface area contributed by atoms with Crippen LogP contribution in [-0.4, -0.2) is 44.2 Å². The lowest BCUT2D eigenvalue weighted by Crippen LogP contribution is -2.61. The fourth-order valence-corrected chi connectivity index (χ4v) is 3.34. The average Bonchev–Trinajstić information content (AvgIpc) is 2.82. The number of carboxylic acid groups (broad SMARTS) is 1. The van der Waals surface area contributed by atoms with Crippen LogP contribution in [0.2, 0.25) is 0 Å². The van der Waals surface area contributed by atoms with Gasteiger partial charge in [-0.1, -0.05) is 24.3 Å². The van der Waals surface area contributed by atoms with Gasteiger partial charge in [-0.15, -0.1) is 0 Å². The van der Waals surface area contributed by atoms with Gasteiger partial charge in [-0.25, -0.2) is 4.79 Å². The summed E-state index contributed by atoms with van der Waals surface area (Å²) in [5.74, 6) is -2.01. The second-order valence-electron chi connectivity index (χ2n) is 5.73. The van der Waals surface area contributed by atoms with E-state index < -0.39 is 18.0 Å². The van der Waals surface area contributed by atoms with Crippen molar-refractivity contribution in [3.05, 3.63) is 41.1 Å². The Morgan fingerprint density at radius 3 is 2.50 bits per heavy atom. The smallest absolute Gasteiger partial charge is 0.352 e. The van der Waals surface area contributed by atoms with Gasteiger partial charge in [-0.3, -0.25) is 4.79 Å². The van der Waals surface area contributed by atoms with E-state index in [0.717, 1.165) is 11.1 Å². The van der Waals surface area contributed by atoms with Crippen molar-refractivity contribution in [2.75, 3.05) is 0 Å². The van der Waals surface area contributed by atoms with E-state index >= 15 is 0 Å². The summed E-state index contributed by atoms with van der Waals surface area (Å²) in [6, 6.07) is 6.66. The molecule has 116 valence electrons. The summed E-state index contributed by atoms with van der Waals surface area (Å²) in [7, 11) is 0. The molecule has 6 nitrogen and oxygen atoms in total. The third-order valence-electron chi connectivity index (χ3n) is 4.42. The molecule has 0 spiro atoms. The van der Waals surface area contributed by atoms with Crippen LogP contribution in [0.4, 0.5) is 0 Å². The van der Waals surface area contributed by atoms with E-state index in [9.17, 15) is 19.8 Å². The van der Waals surface area contributed by atoms with Crippen LogP contribution in [0.15, 0.2) is 30.0 Å². The van der Waals surface area contributed by atoms with Crippen molar-refractivity contribution in [3.63, 3.8) is 0 Å². The van der Waals surface area contributed by atoms with E-state index in [2.05, 4.69) is 0 Å². The predicted molar refractivity (Wildman–Crippen MR) is 77.3 cm³/mol. The highest BCUT2D eigenvalue weighted by molar-refractivity contribution is 6.06. The Balaban J connectivity index is 1.99.